The van der Waals surface area contributed by atoms with Gasteiger partial charge in [-0.05, 0) is 34.6 Å². The lowest BCUT2D eigenvalue weighted by molar-refractivity contribution is -0.142. The number of amides is 4. The van der Waals surface area contributed by atoms with Crippen LogP contribution in [0.1, 0.15) is 47.5 Å². The van der Waals surface area contributed by atoms with Gasteiger partial charge in [0.25, 0.3) is 0 Å². The Bertz CT molecular complexity index is 635. The minimum Gasteiger partial charge on any atom is -0.444 e. The van der Waals surface area contributed by atoms with Gasteiger partial charge in [0, 0.05) is 58.2 Å². The highest BCUT2D eigenvalue weighted by atomic mass is 16.6. The van der Waals surface area contributed by atoms with Crippen molar-refractivity contribution in [3.05, 3.63) is 0 Å². The van der Waals surface area contributed by atoms with Crippen molar-refractivity contribution in [1.29, 1.82) is 0 Å². The first kappa shape index (κ1) is 23.0. The summed E-state index contributed by atoms with van der Waals surface area (Å²) in [6.07, 6.45) is -0.0811. The number of ether oxygens (including phenoxy) is 1. The number of rotatable bonds is 5. The quantitative estimate of drug-likeness (QED) is 0.724. The molecular formula is C20H34N4O5. The number of likely N-dealkylation sites (tertiary alicyclic amines) is 1. The van der Waals surface area contributed by atoms with Crippen LogP contribution in [0.4, 0.5) is 4.79 Å². The third kappa shape index (κ3) is 6.61. The van der Waals surface area contributed by atoms with Crippen LogP contribution in [0, 0.1) is 5.92 Å². The van der Waals surface area contributed by atoms with Gasteiger partial charge in [-0.15, -0.1) is 0 Å². The highest BCUT2D eigenvalue weighted by molar-refractivity contribution is 5.89. The van der Waals surface area contributed by atoms with E-state index in [-0.39, 0.29) is 49.1 Å². The van der Waals surface area contributed by atoms with Gasteiger partial charge in [-0.3, -0.25) is 14.4 Å². The highest BCUT2D eigenvalue weighted by Gasteiger charge is 2.38. The Hall–Kier alpha value is -2.32. The van der Waals surface area contributed by atoms with Crippen LogP contribution in [-0.2, 0) is 19.1 Å². The van der Waals surface area contributed by atoms with Crippen molar-refractivity contribution in [2.24, 2.45) is 5.92 Å². The summed E-state index contributed by atoms with van der Waals surface area (Å²) < 4.78 is 5.14. The lowest BCUT2D eigenvalue weighted by atomic mass is 10.1. The molecule has 0 aromatic heterocycles. The van der Waals surface area contributed by atoms with E-state index in [2.05, 4.69) is 5.32 Å². The fourth-order valence-electron chi connectivity index (χ4n) is 3.57. The Labute approximate surface area is 172 Å². The molecule has 4 amide bonds. The van der Waals surface area contributed by atoms with Crippen LogP contribution in [0.3, 0.4) is 0 Å². The molecule has 2 heterocycles. The van der Waals surface area contributed by atoms with E-state index >= 15 is 0 Å². The Morgan fingerprint density at radius 1 is 1.10 bits per heavy atom. The predicted molar refractivity (Wildman–Crippen MR) is 107 cm³/mol. The van der Waals surface area contributed by atoms with Gasteiger partial charge in [0.05, 0.1) is 5.92 Å². The molecule has 0 saturated carbocycles. The number of nitrogens with zero attached hydrogens (tertiary/aromatic N) is 3. The van der Waals surface area contributed by atoms with Crippen LogP contribution in [0.2, 0.25) is 0 Å². The molecule has 0 aliphatic carbocycles. The van der Waals surface area contributed by atoms with Gasteiger partial charge < -0.3 is 24.8 Å². The van der Waals surface area contributed by atoms with Gasteiger partial charge in [-0.2, -0.15) is 0 Å². The normalized spacial score (nSPS) is 20.3. The summed E-state index contributed by atoms with van der Waals surface area (Å²) in [7, 11) is 0. The summed E-state index contributed by atoms with van der Waals surface area (Å²) >= 11 is 0. The van der Waals surface area contributed by atoms with E-state index in [0.29, 0.717) is 32.7 Å². The molecule has 0 spiro atoms. The third-order valence-electron chi connectivity index (χ3n) is 5.08. The second-order valence-corrected chi connectivity index (χ2v) is 8.93. The molecule has 1 unspecified atom stereocenters. The van der Waals surface area contributed by atoms with Gasteiger partial charge in [0.2, 0.25) is 17.7 Å². The lowest BCUT2D eigenvalue weighted by Gasteiger charge is -2.36. The zero-order valence-corrected chi connectivity index (χ0v) is 18.2. The minimum absolute atomic E-state index is 0.000177. The third-order valence-corrected chi connectivity index (χ3v) is 5.08. The standard InChI is InChI=1S/C20H34N4O5/c1-14(2)24-13-15(12-17(24)26)18(27)23-10-8-22(9-11-23)16(25)6-7-21-19(28)29-20(3,4)5/h14-15H,6-13H2,1-5H3,(H,21,28). The number of nitrogens with one attached hydrogen (secondary N) is 1. The number of carbonyl (C=O) groups is 4. The molecule has 1 N–H and O–H groups in total. The molecule has 29 heavy (non-hydrogen) atoms. The average molecular weight is 411 g/mol. The van der Waals surface area contributed by atoms with Gasteiger partial charge in [0.15, 0.2) is 0 Å². The second kappa shape index (κ2) is 9.45. The molecule has 164 valence electrons. The largest absolute Gasteiger partial charge is 0.444 e. The van der Waals surface area contributed by atoms with Crippen molar-refractivity contribution in [1.82, 2.24) is 20.0 Å². The molecule has 2 saturated heterocycles. The van der Waals surface area contributed by atoms with Crippen LogP contribution in [0.15, 0.2) is 0 Å². The van der Waals surface area contributed by atoms with Gasteiger partial charge >= 0.3 is 6.09 Å². The molecule has 0 aromatic rings. The summed E-state index contributed by atoms with van der Waals surface area (Å²) in [4.78, 5) is 53.9. The van der Waals surface area contributed by atoms with Crippen LogP contribution in [0.25, 0.3) is 0 Å². The molecule has 2 aliphatic heterocycles. The van der Waals surface area contributed by atoms with Crippen molar-refractivity contribution in [2.45, 2.75) is 59.1 Å². The van der Waals surface area contributed by atoms with Gasteiger partial charge in [0.1, 0.15) is 5.60 Å². The van der Waals surface area contributed by atoms with E-state index < -0.39 is 11.7 Å². The monoisotopic (exact) mass is 410 g/mol. The Morgan fingerprint density at radius 3 is 2.21 bits per heavy atom. The molecule has 9 nitrogen and oxygen atoms in total. The summed E-state index contributed by atoms with van der Waals surface area (Å²) in [5.41, 5.74) is -0.576. The maximum atomic E-state index is 12.7. The first-order chi connectivity index (χ1) is 13.5. The Balaban J connectivity index is 1.72. The van der Waals surface area contributed by atoms with E-state index in [4.69, 9.17) is 4.74 Å². The molecule has 2 rings (SSSR count). The van der Waals surface area contributed by atoms with Gasteiger partial charge in [-0.1, -0.05) is 0 Å². The van der Waals surface area contributed by atoms with Crippen molar-refractivity contribution < 1.29 is 23.9 Å². The second-order valence-electron chi connectivity index (χ2n) is 8.93. The van der Waals surface area contributed by atoms with E-state index in [1.165, 1.54) is 0 Å². The topological polar surface area (TPSA) is 99.3 Å². The van der Waals surface area contributed by atoms with E-state index in [9.17, 15) is 19.2 Å². The van der Waals surface area contributed by atoms with E-state index in [0.717, 1.165) is 0 Å². The maximum absolute atomic E-state index is 12.7. The smallest absolute Gasteiger partial charge is 0.407 e. The molecule has 2 fully saturated rings. The number of piperazine rings is 1. The van der Waals surface area contributed by atoms with Crippen LogP contribution in [-0.4, -0.2) is 89.4 Å². The first-order valence-corrected chi connectivity index (χ1v) is 10.3. The molecule has 1 atom stereocenters. The van der Waals surface area contributed by atoms with Crippen LogP contribution in [0.5, 0.6) is 0 Å². The summed E-state index contributed by atoms with van der Waals surface area (Å²) in [5, 5.41) is 2.58. The zero-order chi connectivity index (χ0) is 21.8. The molecule has 9 heteroatoms. The zero-order valence-electron chi connectivity index (χ0n) is 18.2. The maximum Gasteiger partial charge on any atom is 0.407 e. The number of carbonyl (C=O) groups excluding carboxylic acids is 4. The number of alkyl carbamates (subject to hydrolysis) is 1. The molecule has 0 radical (unpaired) electrons. The van der Waals surface area contributed by atoms with Crippen LogP contribution >= 0.6 is 0 Å². The minimum atomic E-state index is -0.576. The lowest BCUT2D eigenvalue weighted by Crippen LogP contribution is -2.52. The Kier molecular flexibility index (Phi) is 7.48. The molecule has 2 aliphatic rings. The highest BCUT2D eigenvalue weighted by Crippen LogP contribution is 2.22. The SMILES string of the molecule is CC(C)N1CC(C(=O)N2CCN(C(=O)CCNC(=O)OC(C)(C)C)CC2)CC1=O. The van der Waals surface area contributed by atoms with E-state index in [1.807, 2.05) is 13.8 Å². The summed E-state index contributed by atoms with van der Waals surface area (Å²) in [6, 6.07) is 0.101. The number of hydrogen-bond acceptors (Lipinski definition) is 5. The summed E-state index contributed by atoms with van der Waals surface area (Å²) in [5.74, 6) is -0.315. The fraction of sp³-hybridized carbons (Fsp3) is 0.800. The van der Waals surface area contributed by atoms with Crippen molar-refractivity contribution >= 4 is 23.8 Å². The Morgan fingerprint density at radius 2 is 1.69 bits per heavy atom. The molecule has 0 aromatic carbocycles. The first-order valence-electron chi connectivity index (χ1n) is 10.3. The van der Waals surface area contributed by atoms with Crippen molar-refractivity contribution in [2.75, 3.05) is 39.3 Å². The van der Waals surface area contributed by atoms with Crippen LogP contribution < -0.4 is 5.32 Å². The summed E-state index contributed by atoms with van der Waals surface area (Å²) in [6.45, 7) is 11.8. The average Bonchev–Trinajstić information content (AvgIpc) is 3.01. The fourth-order valence-corrected chi connectivity index (χ4v) is 3.57. The molecule has 0 bridgehead atoms. The van der Waals surface area contributed by atoms with Crippen molar-refractivity contribution in [3.63, 3.8) is 0 Å². The molecular weight excluding hydrogens is 376 g/mol. The predicted octanol–water partition coefficient (Wildman–Crippen LogP) is 0.829. The number of hydrogen-bond donors (Lipinski definition) is 1. The van der Waals surface area contributed by atoms with Crippen molar-refractivity contribution in [3.8, 4) is 0 Å². The van der Waals surface area contributed by atoms with E-state index in [1.54, 1.807) is 35.5 Å². The van der Waals surface area contributed by atoms with Gasteiger partial charge in [-0.25, -0.2) is 4.79 Å².